The average Bonchev–Trinajstić information content (AvgIpc) is 3.51. The van der Waals surface area contributed by atoms with Gasteiger partial charge in [0.2, 0.25) is 0 Å². The van der Waals surface area contributed by atoms with E-state index >= 15 is 0 Å². The second-order valence-corrected chi connectivity index (χ2v) is 7.97. The summed E-state index contributed by atoms with van der Waals surface area (Å²) in [4.78, 5) is 19.2. The molecule has 160 valence electrons. The van der Waals surface area contributed by atoms with Crippen LogP contribution in [0.4, 0.5) is 5.69 Å². The van der Waals surface area contributed by atoms with Crippen molar-refractivity contribution in [3.8, 4) is 0 Å². The van der Waals surface area contributed by atoms with Gasteiger partial charge in [0.25, 0.3) is 5.91 Å². The van der Waals surface area contributed by atoms with E-state index in [1.54, 1.807) is 24.5 Å². The van der Waals surface area contributed by atoms with Crippen molar-refractivity contribution in [3.05, 3.63) is 66.6 Å². The molecule has 0 N–H and O–H groups in total. The van der Waals surface area contributed by atoms with Crippen LogP contribution in [-0.2, 0) is 4.74 Å². The zero-order chi connectivity index (χ0) is 20.8. The lowest BCUT2D eigenvalue weighted by atomic mass is 10.1. The van der Waals surface area contributed by atoms with Gasteiger partial charge in [-0.25, -0.2) is 0 Å². The number of nitrogens with zero attached hydrogens (tertiary/aromatic N) is 3. The molecule has 0 spiro atoms. The normalized spacial score (nSPS) is 18.5. The average molecular weight is 410 g/mol. The highest BCUT2D eigenvalue weighted by Crippen LogP contribution is 2.27. The molecule has 1 atom stereocenters. The van der Waals surface area contributed by atoms with Crippen molar-refractivity contribution in [2.45, 2.75) is 18.9 Å². The fraction of sp³-hybridized carbons (Fsp3) is 0.458. The van der Waals surface area contributed by atoms with Gasteiger partial charge in [0.15, 0.2) is 5.76 Å². The molecule has 2 aromatic rings. The lowest BCUT2D eigenvalue weighted by Gasteiger charge is -2.36. The maximum Gasteiger partial charge on any atom is 0.289 e. The van der Waals surface area contributed by atoms with E-state index in [1.165, 1.54) is 24.1 Å². The van der Waals surface area contributed by atoms with Crippen LogP contribution in [0.25, 0.3) is 0 Å². The number of carbonyl (C=O) groups excluding carboxylic acids is 1. The fourth-order valence-corrected chi connectivity index (χ4v) is 4.26. The molecule has 1 amide bonds. The van der Waals surface area contributed by atoms with Crippen molar-refractivity contribution in [2.75, 3.05) is 57.3 Å². The number of furan rings is 1. The number of piperazine rings is 1. The fourth-order valence-electron chi connectivity index (χ4n) is 4.26. The summed E-state index contributed by atoms with van der Waals surface area (Å²) in [5.74, 6) is 0.381. The van der Waals surface area contributed by atoms with Gasteiger partial charge in [0.1, 0.15) is 0 Å². The van der Waals surface area contributed by atoms with Crippen LogP contribution in [0.1, 0.15) is 35.1 Å². The van der Waals surface area contributed by atoms with Crippen LogP contribution >= 0.6 is 0 Å². The molecule has 0 radical (unpaired) electrons. The first-order chi connectivity index (χ1) is 14.7. The molecule has 4 rings (SSSR count). The van der Waals surface area contributed by atoms with E-state index in [0.29, 0.717) is 25.5 Å². The van der Waals surface area contributed by atoms with Gasteiger partial charge in [-0.2, -0.15) is 0 Å². The van der Waals surface area contributed by atoms with Crippen molar-refractivity contribution in [1.29, 1.82) is 0 Å². The van der Waals surface area contributed by atoms with E-state index < -0.39 is 0 Å². The SMILES string of the molecule is C=CCOC(CN1CCN(C(=O)c2ccco2)CC1)c1cccc(N2CCCC2)c1. The molecule has 2 aliphatic heterocycles. The molecule has 2 aliphatic rings. The second kappa shape index (κ2) is 9.96. The van der Waals surface area contributed by atoms with E-state index in [1.807, 2.05) is 4.90 Å². The van der Waals surface area contributed by atoms with Crippen LogP contribution in [0.2, 0.25) is 0 Å². The Morgan fingerprint density at radius 3 is 2.60 bits per heavy atom. The molecule has 0 saturated carbocycles. The Morgan fingerprint density at radius 1 is 1.10 bits per heavy atom. The Balaban J connectivity index is 1.38. The minimum atomic E-state index is -0.0302. The second-order valence-electron chi connectivity index (χ2n) is 7.97. The lowest BCUT2D eigenvalue weighted by Crippen LogP contribution is -2.49. The van der Waals surface area contributed by atoms with Gasteiger partial charge in [-0.05, 0) is 42.7 Å². The summed E-state index contributed by atoms with van der Waals surface area (Å²) in [7, 11) is 0. The van der Waals surface area contributed by atoms with Gasteiger partial charge in [-0.15, -0.1) is 6.58 Å². The summed E-state index contributed by atoms with van der Waals surface area (Å²) < 4.78 is 11.4. The smallest absolute Gasteiger partial charge is 0.289 e. The van der Waals surface area contributed by atoms with Crippen LogP contribution in [0, 0.1) is 0 Å². The number of hydrogen-bond donors (Lipinski definition) is 0. The Labute approximate surface area is 178 Å². The molecule has 0 aliphatic carbocycles. The quantitative estimate of drug-likeness (QED) is 0.624. The van der Waals surface area contributed by atoms with Gasteiger partial charge in [0.05, 0.1) is 19.0 Å². The predicted octanol–water partition coefficient (Wildman–Crippen LogP) is 3.58. The molecule has 2 saturated heterocycles. The number of benzene rings is 1. The number of rotatable bonds is 8. The summed E-state index contributed by atoms with van der Waals surface area (Å²) in [5.41, 5.74) is 2.49. The maximum absolute atomic E-state index is 12.5. The van der Waals surface area contributed by atoms with Crippen LogP contribution in [0.5, 0.6) is 0 Å². The number of ether oxygens (including phenoxy) is 1. The van der Waals surface area contributed by atoms with Crippen molar-refractivity contribution >= 4 is 11.6 Å². The first-order valence-electron chi connectivity index (χ1n) is 10.9. The van der Waals surface area contributed by atoms with Crippen LogP contribution in [-0.4, -0.2) is 68.1 Å². The highest BCUT2D eigenvalue weighted by Gasteiger charge is 2.26. The first kappa shape index (κ1) is 20.7. The molecular formula is C24H31N3O3. The molecule has 1 aromatic carbocycles. The largest absolute Gasteiger partial charge is 0.459 e. The number of amides is 1. The monoisotopic (exact) mass is 409 g/mol. The van der Waals surface area contributed by atoms with Gasteiger partial charge in [0, 0.05) is 51.5 Å². The van der Waals surface area contributed by atoms with E-state index in [2.05, 4.69) is 40.6 Å². The minimum Gasteiger partial charge on any atom is -0.459 e. The molecule has 30 heavy (non-hydrogen) atoms. The Hall–Kier alpha value is -2.57. The standard InChI is InChI=1S/C24H31N3O3/c1-2-16-29-23(20-7-5-8-21(18-20)26-10-3-4-11-26)19-25-12-14-27(15-13-25)24(28)22-9-6-17-30-22/h2,5-9,17-18,23H,1,3-4,10-16,19H2. The van der Waals surface area contributed by atoms with Crippen LogP contribution in [0.15, 0.2) is 59.7 Å². The zero-order valence-electron chi connectivity index (χ0n) is 17.5. The molecule has 2 fully saturated rings. The third kappa shape index (κ3) is 4.94. The topological polar surface area (TPSA) is 49.2 Å². The third-order valence-electron chi connectivity index (χ3n) is 5.94. The van der Waals surface area contributed by atoms with E-state index in [0.717, 1.165) is 32.7 Å². The van der Waals surface area contributed by atoms with E-state index in [9.17, 15) is 4.79 Å². The third-order valence-corrected chi connectivity index (χ3v) is 5.94. The summed E-state index contributed by atoms with van der Waals surface area (Å²) in [6.45, 7) is 10.4. The van der Waals surface area contributed by atoms with Gasteiger partial charge in [-0.1, -0.05) is 18.2 Å². The van der Waals surface area contributed by atoms with Crippen molar-refractivity contribution in [2.24, 2.45) is 0 Å². The molecular weight excluding hydrogens is 378 g/mol. The molecule has 6 nitrogen and oxygen atoms in total. The highest BCUT2D eigenvalue weighted by atomic mass is 16.5. The lowest BCUT2D eigenvalue weighted by molar-refractivity contribution is 0.0238. The van der Waals surface area contributed by atoms with Gasteiger partial charge in [-0.3, -0.25) is 9.69 Å². The summed E-state index contributed by atoms with van der Waals surface area (Å²) in [6, 6.07) is 12.2. The number of hydrogen-bond acceptors (Lipinski definition) is 5. The molecule has 1 aromatic heterocycles. The van der Waals surface area contributed by atoms with Crippen LogP contribution in [0.3, 0.4) is 0 Å². The summed E-state index contributed by atoms with van der Waals surface area (Å²) >= 11 is 0. The maximum atomic E-state index is 12.5. The van der Waals surface area contributed by atoms with Crippen molar-refractivity contribution < 1.29 is 13.9 Å². The molecule has 0 bridgehead atoms. The zero-order valence-corrected chi connectivity index (χ0v) is 17.5. The Morgan fingerprint density at radius 2 is 1.90 bits per heavy atom. The minimum absolute atomic E-state index is 0.0159. The Bertz CT molecular complexity index is 822. The Kier molecular flexibility index (Phi) is 6.87. The molecule has 6 heteroatoms. The van der Waals surface area contributed by atoms with Gasteiger partial charge >= 0.3 is 0 Å². The summed E-state index contributed by atoms with van der Waals surface area (Å²) in [6.07, 6.45) is 5.86. The predicted molar refractivity (Wildman–Crippen MR) is 118 cm³/mol. The van der Waals surface area contributed by atoms with Crippen molar-refractivity contribution in [1.82, 2.24) is 9.80 Å². The van der Waals surface area contributed by atoms with Crippen LogP contribution < -0.4 is 4.90 Å². The highest BCUT2D eigenvalue weighted by molar-refractivity contribution is 5.91. The number of anilines is 1. The molecule has 3 heterocycles. The molecule has 1 unspecified atom stereocenters. The first-order valence-corrected chi connectivity index (χ1v) is 10.9. The van der Waals surface area contributed by atoms with E-state index in [4.69, 9.17) is 9.15 Å². The number of carbonyl (C=O) groups is 1. The van der Waals surface area contributed by atoms with Gasteiger partial charge < -0.3 is 19.0 Å². The van der Waals surface area contributed by atoms with Crippen molar-refractivity contribution in [3.63, 3.8) is 0 Å². The summed E-state index contributed by atoms with van der Waals surface area (Å²) in [5, 5.41) is 0. The van der Waals surface area contributed by atoms with E-state index in [-0.39, 0.29) is 12.0 Å².